The molecule has 0 fully saturated rings. The number of likely N-dealkylation sites (N-methyl/N-ethyl adjacent to an activating group) is 1. The maximum atomic E-state index is 14.6. The summed E-state index contributed by atoms with van der Waals surface area (Å²) in [7, 11) is 3.93. The lowest BCUT2D eigenvalue weighted by Crippen LogP contribution is -2.19. The van der Waals surface area contributed by atoms with Crippen molar-refractivity contribution in [3.05, 3.63) is 78.6 Å². The number of aromatic nitrogens is 6. The molecule has 0 bridgehead atoms. The van der Waals surface area contributed by atoms with E-state index >= 15 is 0 Å². The first-order chi connectivity index (χ1) is 18.5. The van der Waals surface area contributed by atoms with E-state index in [0.717, 1.165) is 50.9 Å². The molecule has 0 aliphatic carbocycles. The van der Waals surface area contributed by atoms with Crippen LogP contribution in [0.4, 0.5) is 4.39 Å². The maximum absolute atomic E-state index is 14.6. The second kappa shape index (κ2) is 9.68. The quantitative estimate of drug-likeness (QED) is 0.291. The normalized spacial score (nSPS) is 11.6. The summed E-state index contributed by atoms with van der Waals surface area (Å²) in [5.41, 5.74) is 7.51. The van der Waals surface area contributed by atoms with Gasteiger partial charge in [0.25, 0.3) is 0 Å². The van der Waals surface area contributed by atoms with Gasteiger partial charge in [-0.25, -0.2) is 9.37 Å². The molecule has 0 aliphatic rings. The number of pyridine rings is 3. The van der Waals surface area contributed by atoms with Crippen LogP contribution in [-0.2, 0) is 0 Å². The van der Waals surface area contributed by atoms with Crippen LogP contribution >= 0.6 is 0 Å². The zero-order valence-electron chi connectivity index (χ0n) is 21.3. The third-order valence-corrected chi connectivity index (χ3v) is 6.52. The van der Waals surface area contributed by atoms with Gasteiger partial charge in [-0.2, -0.15) is 5.10 Å². The number of aryl methyl sites for hydroxylation is 1. The number of ether oxygens (including phenoxy) is 1. The zero-order valence-corrected chi connectivity index (χ0v) is 21.3. The lowest BCUT2D eigenvalue weighted by Gasteiger charge is -2.12. The van der Waals surface area contributed by atoms with Gasteiger partial charge in [0.2, 0.25) is 0 Å². The summed E-state index contributed by atoms with van der Waals surface area (Å²) >= 11 is 0. The van der Waals surface area contributed by atoms with Crippen molar-refractivity contribution in [2.75, 3.05) is 27.2 Å². The molecule has 5 heterocycles. The van der Waals surface area contributed by atoms with E-state index in [9.17, 15) is 4.39 Å². The van der Waals surface area contributed by atoms with Gasteiger partial charge in [-0.1, -0.05) is 0 Å². The Hall–Kier alpha value is -4.63. The lowest BCUT2D eigenvalue weighted by molar-refractivity contribution is 0.260. The molecule has 5 aromatic heterocycles. The molecule has 9 heteroatoms. The minimum absolute atomic E-state index is 0.375. The highest BCUT2D eigenvalue weighted by Gasteiger charge is 2.17. The smallest absolute Gasteiger partial charge is 0.155 e. The molecule has 6 aromatic rings. The number of fused-ring (bicyclic) bond motifs is 2. The van der Waals surface area contributed by atoms with Crippen LogP contribution in [0.3, 0.4) is 0 Å². The molecule has 0 aliphatic heterocycles. The minimum atomic E-state index is -0.375. The van der Waals surface area contributed by atoms with E-state index in [1.54, 1.807) is 12.4 Å². The van der Waals surface area contributed by atoms with Crippen LogP contribution in [-0.4, -0.2) is 62.3 Å². The Morgan fingerprint density at radius 3 is 2.66 bits per heavy atom. The molecule has 0 unspecified atom stereocenters. The maximum Gasteiger partial charge on any atom is 0.155 e. The first kappa shape index (κ1) is 23.7. The Balaban J connectivity index is 1.41. The molecule has 2 N–H and O–H groups in total. The van der Waals surface area contributed by atoms with Gasteiger partial charge in [-0.05, 0) is 63.0 Å². The van der Waals surface area contributed by atoms with Gasteiger partial charge >= 0.3 is 0 Å². The second-order valence-electron chi connectivity index (χ2n) is 9.51. The average molecular weight is 508 g/mol. The van der Waals surface area contributed by atoms with Crippen LogP contribution in [0.5, 0.6) is 5.75 Å². The molecule has 0 saturated heterocycles. The summed E-state index contributed by atoms with van der Waals surface area (Å²) < 4.78 is 20.4. The number of hydrogen-bond acceptors (Lipinski definition) is 6. The van der Waals surface area contributed by atoms with Gasteiger partial charge in [-0.15, -0.1) is 0 Å². The molecule has 0 amide bonds. The standard InChI is InChI=1S/C29H26FN7O/c1-17-4-6-31-16-24(17)19-12-23-28(35-36-29(23)33-15-19)26-14-22-25(34-26)5-7-32-27(22)18-10-20(30)13-21(11-18)38-9-8-37(2)3/h4-7,10-16,34H,8-9H2,1-3H3,(H,33,35,36). The Morgan fingerprint density at radius 2 is 1.82 bits per heavy atom. The highest BCUT2D eigenvalue weighted by molar-refractivity contribution is 6.00. The van der Waals surface area contributed by atoms with E-state index in [-0.39, 0.29) is 5.82 Å². The van der Waals surface area contributed by atoms with Gasteiger partial charge in [0.05, 0.1) is 11.4 Å². The van der Waals surface area contributed by atoms with Crippen LogP contribution in [0.15, 0.2) is 67.3 Å². The molecular weight excluding hydrogens is 481 g/mol. The van der Waals surface area contributed by atoms with E-state index in [1.165, 1.54) is 12.1 Å². The number of H-pyrrole nitrogens is 2. The van der Waals surface area contributed by atoms with Gasteiger partial charge < -0.3 is 14.6 Å². The highest BCUT2D eigenvalue weighted by Crippen LogP contribution is 2.35. The van der Waals surface area contributed by atoms with Gasteiger partial charge in [0.1, 0.15) is 23.9 Å². The Morgan fingerprint density at radius 1 is 0.921 bits per heavy atom. The topological polar surface area (TPSA) is 95.6 Å². The van der Waals surface area contributed by atoms with Crippen molar-refractivity contribution in [2.45, 2.75) is 6.92 Å². The monoisotopic (exact) mass is 507 g/mol. The number of aromatic amines is 2. The molecule has 0 radical (unpaired) electrons. The number of benzene rings is 1. The van der Waals surface area contributed by atoms with E-state index in [1.807, 2.05) is 55.7 Å². The SMILES string of the molecule is Cc1ccncc1-c1cnc2[nH]nc(-c3cc4c(-c5cc(F)cc(OCCN(C)C)c5)nccc4[nH]3)c2c1. The molecule has 8 nitrogen and oxygen atoms in total. The van der Waals surface area contributed by atoms with Crippen LogP contribution in [0.1, 0.15) is 5.56 Å². The molecular formula is C29H26FN7O. The van der Waals surface area contributed by atoms with Crippen LogP contribution in [0, 0.1) is 12.7 Å². The third kappa shape index (κ3) is 4.48. The van der Waals surface area contributed by atoms with E-state index in [4.69, 9.17) is 4.74 Å². The zero-order chi connectivity index (χ0) is 26.2. The van der Waals surface area contributed by atoms with Crippen molar-refractivity contribution in [1.82, 2.24) is 35.0 Å². The Kier molecular flexibility index (Phi) is 6.05. The van der Waals surface area contributed by atoms with E-state index in [2.05, 4.69) is 43.1 Å². The van der Waals surface area contributed by atoms with Crippen molar-refractivity contribution in [2.24, 2.45) is 0 Å². The summed E-state index contributed by atoms with van der Waals surface area (Å²) in [4.78, 5) is 18.9. The van der Waals surface area contributed by atoms with E-state index in [0.29, 0.717) is 29.3 Å². The summed E-state index contributed by atoms with van der Waals surface area (Å²) in [6, 6.07) is 12.6. The fraction of sp³-hybridized carbons (Fsp3) is 0.172. The largest absolute Gasteiger partial charge is 0.492 e. The average Bonchev–Trinajstić information content (AvgIpc) is 3.52. The number of rotatable bonds is 7. The van der Waals surface area contributed by atoms with Crippen molar-refractivity contribution in [3.63, 3.8) is 0 Å². The van der Waals surface area contributed by atoms with E-state index < -0.39 is 0 Å². The molecule has 0 saturated carbocycles. The summed E-state index contributed by atoms with van der Waals surface area (Å²) in [6.45, 7) is 3.24. The summed E-state index contributed by atoms with van der Waals surface area (Å²) in [5, 5.41) is 9.33. The third-order valence-electron chi connectivity index (χ3n) is 6.52. The van der Waals surface area contributed by atoms with Crippen LogP contribution in [0.2, 0.25) is 0 Å². The van der Waals surface area contributed by atoms with Gasteiger partial charge in [-0.3, -0.25) is 15.1 Å². The molecule has 190 valence electrons. The fourth-order valence-electron chi connectivity index (χ4n) is 4.56. The number of nitrogens with one attached hydrogen (secondary N) is 2. The number of hydrogen-bond donors (Lipinski definition) is 2. The van der Waals surface area contributed by atoms with Crippen molar-refractivity contribution in [3.8, 4) is 39.5 Å². The molecule has 0 atom stereocenters. The minimum Gasteiger partial charge on any atom is -0.492 e. The molecule has 6 rings (SSSR count). The molecule has 1 aromatic carbocycles. The Labute approximate surface area is 218 Å². The Bertz CT molecular complexity index is 1770. The first-order valence-electron chi connectivity index (χ1n) is 12.3. The molecule has 38 heavy (non-hydrogen) atoms. The van der Waals surface area contributed by atoms with Crippen LogP contribution < -0.4 is 4.74 Å². The van der Waals surface area contributed by atoms with Crippen molar-refractivity contribution >= 4 is 21.9 Å². The number of nitrogens with zero attached hydrogens (tertiary/aromatic N) is 5. The predicted octanol–water partition coefficient (Wildman–Crippen LogP) is 5.62. The summed E-state index contributed by atoms with van der Waals surface area (Å²) in [6.07, 6.45) is 7.16. The first-order valence-corrected chi connectivity index (χ1v) is 12.3. The predicted molar refractivity (Wildman–Crippen MR) is 146 cm³/mol. The van der Waals surface area contributed by atoms with Gasteiger partial charge in [0.15, 0.2) is 5.65 Å². The van der Waals surface area contributed by atoms with Crippen molar-refractivity contribution in [1.29, 1.82) is 0 Å². The lowest BCUT2D eigenvalue weighted by atomic mass is 10.0. The molecule has 0 spiro atoms. The summed E-state index contributed by atoms with van der Waals surface area (Å²) in [5.74, 6) is 0.0958. The van der Waals surface area contributed by atoms with Crippen LogP contribution in [0.25, 0.3) is 55.7 Å². The number of halogens is 1. The highest BCUT2D eigenvalue weighted by atomic mass is 19.1. The van der Waals surface area contributed by atoms with Gasteiger partial charge in [0, 0.05) is 70.4 Å². The fourth-order valence-corrected chi connectivity index (χ4v) is 4.56. The van der Waals surface area contributed by atoms with Crippen molar-refractivity contribution < 1.29 is 9.13 Å². The second-order valence-corrected chi connectivity index (χ2v) is 9.51.